The molecule has 1 aromatic carbocycles. The van der Waals surface area contributed by atoms with Gasteiger partial charge in [0.05, 0.1) is 6.54 Å². The Hall–Kier alpha value is -1.68. The van der Waals surface area contributed by atoms with Crippen LogP contribution in [0.15, 0.2) is 34.9 Å². The zero-order valence-corrected chi connectivity index (χ0v) is 13.4. The smallest absolute Gasteiger partial charge is 0.240 e. The lowest BCUT2D eigenvalue weighted by Crippen LogP contribution is -2.36. The Balaban J connectivity index is 1.60. The van der Waals surface area contributed by atoms with Gasteiger partial charge in [0.25, 0.3) is 0 Å². The molecule has 2 aromatic rings. The van der Waals surface area contributed by atoms with Gasteiger partial charge < -0.3 is 4.52 Å². The van der Waals surface area contributed by atoms with Crippen LogP contribution in [0, 0.1) is 0 Å². The quantitative estimate of drug-likeness (QED) is 0.813. The van der Waals surface area contributed by atoms with Gasteiger partial charge in [-0.25, -0.2) is 0 Å². The van der Waals surface area contributed by atoms with Gasteiger partial charge in [0.1, 0.15) is 0 Å². The minimum atomic E-state index is 0.684. The molecule has 118 valence electrons. The Bertz CT molecular complexity index is 561. The van der Waals surface area contributed by atoms with Crippen LogP contribution in [-0.2, 0) is 13.0 Å². The Morgan fingerprint density at radius 1 is 1.14 bits per heavy atom. The molecule has 0 bridgehead atoms. The van der Waals surface area contributed by atoms with E-state index in [9.17, 15) is 0 Å². The summed E-state index contributed by atoms with van der Waals surface area (Å²) in [6.45, 7) is 4.04. The van der Waals surface area contributed by atoms with Crippen molar-refractivity contribution in [2.75, 3.05) is 6.54 Å². The molecule has 1 aromatic heterocycles. The lowest BCUT2D eigenvalue weighted by Gasteiger charge is -2.32. The van der Waals surface area contributed by atoms with Gasteiger partial charge in [-0.2, -0.15) is 4.98 Å². The topological polar surface area (TPSA) is 42.2 Å². The molecule has 1 aliphatic carbocycles. The second-order valence-electron chi connectivity index (χ2n) is 6.12. The first-order chi connectivity index (χ1) is 10.8. The summed E-state index contributed by atoms with van der Waals surface area (Å²) in [6.07, 6.45) is 7.43. The van der Waals surface area contributed by atoms with E-state index in [-0.39, 0.29) is 0 Å². The second kappa shape index (κ2) is 7.54. The molecule has 4 heteroatoms. The van der Waals surface area contributed by atoms with E-state index in [0.29, 0.717) is 6.04 Å². The van der Waals surface area contributed by atoms with E-state index < -0.39 is 0 Å². The maximum Gasteiger partial charge on any atom is 0.240 e. The van der Waals surface area contributed by atoms with Crippen molar-refractivity contribution in [2.45, 2.75) is 58.0 Å². The molecule has 0 atom stereocenters. The van der Waals surface area contributed by atoms with Crippen molar-refractivity contribution in [1.82, 2.24) is 15.0 Å². The normalized spacial score (nSPS) is 16.3. The third-order valence-electron chi connectivity index (χ3n) is 4.55. The zero-order chi connectivity index (χ0) is 15.2. The van der Waals surface area contributed by atoms with Crippen LogP contribution in [0.2, 0.25) is 0 Å². The monoisotopic (exact) mass is 299 g/mol. The molecule has 22 heavy (non-hydrogen) atoms. The van der Waals surface area contributed by atoms with E-state index in [0.717, 1.165) is 31.2 Å². The van der Waals surface area contributed by atoms with Crippen LogP contribution in [0.4, 0.5) is 0 Å². The molecular weight excluding hydrogens is 274 g/mol. The van der Waals surface area contributed by atoms with Crippen molar-refractivity contribution in [3.8, 4) is 0 Å². The van der Waals surface area contributed by atoms with Crippen LogP contribution in [0.5, 0.6) is 0 Å². The van der Waals surface area contributed by atoms with E-state index in [1.54, 1.807) is 0 Å². The fourth-order valence-corrected chi connectivity index (χ4v) is 3.32. The van der Waals surface area contributed by atoms with Crippen LogP contribution in [-0.4, -0.2) is 27.6 Å². The van der Waals surface area contributed by atoms with E-state index in [1.807, 2.05) is 18.2 Å². The first-order valence-electron chi connectivity index (χ1n) is 8.44. The second-order valence-corrected chi connectivity index (χ2v) is 6.12. The number of hydrogen-bond acceptors (Lipinski definition) is 4. The highest BCUT2D eigenvalue weighted by Crippen LogP contribution is 2.23. The number of nitrogens with zero attached hydrogens (tertiary/aromatic N) is 3. The van der Waals surface area contributed by atoms with Gasteiger partial charge in [0.2, 0.25) is 5.89 Å². The summed E-state index contributed by atoms with van der Waals surface area (Å²) in [7, 11) is 0. The van der Waals surface area contributed by atoms with Crippen LogP contribution in [0.3, 0.4) is 0 Å². The summed E-state index contributed by atoms with van der Waals surface area (Å²) in [4.78, 5) is 7.05. The molecule has 1 aliphatic rings. The Morgan fingerprint density at radius 3 is 2.64 bits per heavy atom. The van der Waals surface area contributed by atoms with Crippen LogP contribution in [0.25, 0.3) is 0 Å². The third kappa shape index (κ3) is 3.95. The summed E-state index contributed by atoms with van der Waals surface area (Å²) in [5, 5.41) is 4.13. The Morgan fingerprint density at radius 2 is 1.91 bits per heavy atom. The average molecular weight is 299 g/mol. The van der Waals surface area contributed by atoms with E-state index in [4.69, 9.17) is 4.52 Å². The van der Waals surface area contributed by atoms with Gasteiger partial charge >= 0.3 is 0 Å². The highest BCUT2D eigenvalue weighted by atomic mass is 16.5. The van der Waals surface area contributed by atoms with Gasteiger partial charge in [0.15, 0.2) is 5.82 Å². The Labute approximate surface area is 132 Å². The molecule has 0 aliphatic heterocycles. The molecule has 0 unspecified atom stereocenters. The summed E-state index contributed by atoms with van der Waals surface area (Å²) in [5.74, 6) is 1.53. The number of benzene rings is 1. The fraction of sp³-hybridized carbons (Fsp3) is 0.556. The van der Waals surface area contributed by atoms with Crippen molar-refractivity contribution in [1.29, 1.82) is 0 Å². The highest BCUT2D eigenvalue weighted by molar-refractivity contribution is 5.18. The molecule has 0 N–H and O–H groups in total. The van der Waals surface area contributed by atoms with E-state index in [2.05, 4.69) is 34.1 Å². The number of hydrogen-bond donors (Lipinski definition) is 0. The van der Waals surface area contributed by atoms with Crippen LogP contribution < -0.4 is 0 Å². The molecule has 0 amide bonds. The maximum atomic E-state index is 5.46. The third-order valence-corrected chi connectivity index (χ3v) is 4.55. The van der Waals surface area contributed by atoms with Gasteiger partial charge in [-0.1, -0.05) is 61.7 Å². The maximum absolute atomic E-state index is 5.46. The number of aromatic nitrogens is 2. The minimum absolute atomic E-state index is 0.684. The molecule has 0 spiro atoms. The van der Waals surface area contributed by atoms with Gasteiger partial charge in [-0.05, 0) is 24.9 Å². The molecular formula is C18H25N3O. The van der Waals surface area contributed by atoms with E-state index >= 15 is 0 Å². The van der Waals surface area contributed by atoms with Crippen molar-refractivity contribution < 1.29 is 4.52 Å². The average Bonchev–Trinajstić information content (AvgIpc) is 3.01. The van der Waals surface area contributed by atoms with Crippen molar-refractivity contribution in [2.24, 2.45) is 0 Å². The van der Waals surface area contributed by atoms with E-state index in [1.165, 1.54) is 37.7 Å². The fourth-order valence-electron chi connectivity index (χ4n) is 3.32. The first kappa shape index (κ1) is 15.2. The highest BCUT2D eigenvalue weighted by Gasteiger charge is 2.21. The molecule has 0 saturated heterocycles. The molecule has 4 nitrogen and oxygen atoms in total. The molecule has 1 heterocycles. The summed E-state index contributed by atoms with van der Waals surface area (Å²) in [5.41, 5.74) is 1.22. The molecule has 1 saturated carbocycles. The standard InChI is InChI=1S/C18H25N3O/c1-2-21(16-11-7-4-8-12-16)14-18-19-17(20-22-18)13-15-9-5-3-6-10-15/h3,5-6,9-10,16H,2,4,7-8,11-14H2,1H3. The lowest BCUT2D eigenvalue weighted by atomic mass is 9.94. The summed E-state index contributed by atoms with van der Waals surface area (Å²) < 4.78 is 5.46. The van der Waals surface area contributed by atoms with Gasteiger partial charge in [0, 0.05) is 12.5 Å². The SMILES string of the molecule is CCN(Cc1nc(Cc2ccccc2)no1)C1CCCCC1. The van der Waals surface area contributed by atoms with Gasteiger partial charge in [-0.15, -0.1) is 0 Å². The van der Waals surface area contributed by atoms with Crippen LogP contribution in [0.1, 0.15) is 56.3 Å². The predicted molar refractivity (Wildman–Crippen MR) is 86.5 cm³/mol. The van der Waals surface area contributed by atoms with Crippen molar-refractivity contribution >= 4 is 0 Å². The number of rotatable bonds is 6. The molecule has 3 rings (SSSR count). The zero-order valence-electron chi connectivity index (χ0n) is 13.4. The summed E-state index contributed by atoms with van der Waals surface area (Å²) in [6, 6.07) is 11.0. The first-order valence-corrected chi connectivity index (χ1v) is 8.44. The lowest BCUT2D eigenvalue weighted by molar-refractivity contribution is 0.139. The largest absolute Gasteiger partial charge is 0.338 e. The van der Waals surface area contributed by atoms with Crippen molar-refractivity contribution in [3.63, 3.8) is 0 Å². The Kier molecular flexibility index (Phi) is 5.22. The van der Waals surface area contributed by atoms with Crippen molar-refractivity contribution in [3.05, 3.63) is 47.6 Å². The molecule has 0 radical (unpaired) electrons. The molecule has 1 fully saturated rings. The van der Waals surface area contributed by atoms with Crippen LogP contribution >= 0.6 is 0 Å². The minimum Gasteiger partial charge on any atom is -0.338 e. The van der Waals surface area contributed by atoms with Gasteiger partial charge in [-0.3, -0.25) is 4.90 Å². The predicted octanol–water partition coefficient (Wildman–Crippen LogP) is 3.82. The summed E-state index contributed by atoms with van der Waals surface area (Å²) >= 11 is 0.